The van der Waals surface area contributed by atoms with Gasteiger partial charge in [-0.15, -0.1) is 12.6 Å². The maximum atomic E-state index is 12.6. The number of halogens is 2. The predicted octanol–water partition coefficient (Wildman–Crippen LogP) is 2.26. The second-order valence-corrected chi connectivity index (χ2v) is 2.39. The van der Waals surface area contributed by atoms with E-state index in [1.807, 2.05) is 0 Å². The van der Waals surface area contributed by atoms with Crippen molar-refractivity contribution < 1.29 is 13.5 Å². The minimum absolute atomic E-state index is 0.0221. The molecular formula is C7H6F2OS. The summed E-state index contributed by atoms with van der Waals surface area (Å²) in [6.45, 7) is 0. The van der Waals surface area contributed by atoms with Crippen LogP contribution in [0.2, 0.25) is 0 Å². The molecule has 1 aromatic rings. The first kappa shape index (κ1) is 8.33. The van der Waals surface area contributed by atoms with E-state index in [4.69, 9.17) is 0 Å². The summed E-state index contributed by atoms with van der Waals surface area (Å²) in [5, 5.41) is 0. The highest BCUT2D eigenvalue weighted by Crippen LogP contribution is 2.25. The standard InChI is InChI=1S/C7H6F2OS/c1-10-6-3-4(8)2-5(9)7(6)11/h2-3,11H,1H3. The van der Waals surface area contributed by atoms with Gasteiger partial charge in [0.1, 0.15) is 17.4 Å². The van der Waals surface area contributed by atoms with Crippen molar-refractivity contribution in [1.82, 2.24) is 0 Å². The number of hydrogen-bond acceptors (Lipinski definition) is 2. The molecule has 0 amide bonds. The maximum Gasteiger partial charge on any atom is 0.143 e. The molecule has 0 saturated heterocycles. The Morgan fingerprint density at radius 2 is 2.00 bits per heavy atom. The minimum Gasteiger partial charge on any atom is -0.495 e. The molecule has 1 nitrogen and oxygen atoms in total. The fourth-order valence-electron chi connectivity index (χ4n) is 0.698. The summed E-state index contributed by atoms with van der Waals surface area (Å²) in [6, 6.07) is 1.83. The van der Waals surface area contributed by atoms with Gasteiger partial charge in [0.15, 0.2) is 0 Å². The zero-order chi connectivity index (χ0) is 8.43. The third-order valence-corrected chi connectivity index (χ3v) is 1.65. The van der Waals surface area contributed by atoms with Gasteiger partial charge in [0.25, 0.3) is 0 Å². The SMILES string of the molecule is COc1cc(F)cc(F)c1S. The Morgan fingerprint density at radius 1 is 1.36 bits per heavy atom. The highest BCUT2D eigenvalue weighted by atomic mass is 32.1. The van der Waals surface area contributed by atoms with Gasteiger partial charge in [-0.05, 0) is 0 Å². The molecule has 0 aromatic heterocycles. The summed E-state index contributed by atoms with van der Waals surface area (Å²) in [6.07, 6.45) is 0. The topological polar surface area (TPSA) is 9.23 Å². The molecular weight excluding hydrogens is 170 g/mol. The molecule has 0 aliphatic rings. The fourth-order valence-corrected chi connectivity index (χ4v) is 0.918. The van der Waals surface area contributed by atoms with E-state index in [0.29, 0.717) is 0 Å². The van der Waals surface area contributed by atoms with Crippen LogP contribution in [0.4, 0.5) is 8.78 Å². The molecule has 0 spiro atoms. The van der Waals surface area contributed by atoms with Crippen LogP contribution in [0.3, 0.4) is 0 Å². The van der Waals surface area contributed by atoms with Crippen LogP contribution < -0.4 is 4.74 Å². The van der Waals surface area contributed by atoms with Crippen molar-refractivity contribution >= 4 is 12.6 Å². The van der Waals surface area contributed by atoms with E-state index in [0.717, 1.165) is 12.1 Å². The zero-order valence-electron chi connectivity index (χ0n) is 5.77. The van der Waals surface area contributed by atoms with Crippen LogP contribution in [-0.2, 0) is 0 Å². The van der Waals surface area contributed by atoms with E-state index in [1.54, 1.807) is 0 Å². The van der Waals surface area contributed by atoms with Gasteiger partial charge < -0.3 is 4.74 Å². The zero-order valence-corrected chi connectivity index (χ0v) is 6.66. The van der Waals surface area contributed by atoms with Crippen LogP contribution in [0.5, 0.6) is 5.75 Å². The molecule has 0 bridgehead atoms. The highest BCUT2D eigenvalue weighted by molar-refractivity contribution is 7.80. The van der Waals surface area contributed by atoms with Gasteiger partial charge in [0.05, 0.1) is 12.0 Å². The Balaban J connectivity index is 3.24. The van der Waals surface area contributed by atoms with Crippen molar-refractivity contribution in [2.24, 2.45) is 0 Å². The van der Waals surface area contributed by atoms with E-state index >= 15 is 0 Å². The second kappa shape index (κ2) is 3.09. The van der Waals surface area contributed by atoms with Gasteiger partial charge in [-0.2, -0.15) is 0 Å². The van der Waals surface area contributed by atoms with Gasteiger partial charge in [-0.25, -0.2) is 8.78 Å². The Kier molecular flexibility index (Phi) is 2.34. The van der Waals surface area contributed by atoms with Crippen LogP contribution in [-0.4, -0.2) is 7.11 Å². The molecule has 0 heterocycles. The molecule has 0 unspecified atom stereocenters. The van der Waals surface area contributed by atoms with Crippen LogP contribution in [0.25, 0.3) is 0 Å². The smallest absolute Gasteiger partial charge is 0.143 e. The molecule has 0 fully saturated rings. The predicted molar refractivity (Wildman–Crippen MR) is 40.2 cm³/mol. The molecule has 60 valence electrons. The van der Waals surface area contributed by atoms with Crippen LogP contribution in [0.15, 0.2) is 17.0 Å². The Hall–Kier alpha value is -0.770. The molecule has 0 atom stereocenters. The minimum atomic E-state index is -0.717. The Morgan fingerprint density at radius 3 is 2.55 bits per heavy atom. The fraction of sp³-hybridized carbons (Fsp3) is 0.143. The van der Waals surface area contributed by atoms with E-state index in [-0.39, 0.29) is 10.6 Å². The van der Waals surface area contributed by atoms with Gasteiger partial charge in [-0.1, -0.05) is 0 Å². The maximum absolute atomic E-state index is 12.6. The van der Waals surface area contributed by atoms with Crippen molar-refractivity contribution in [3.63, 3.8) is 0 Å². The first-order chi connectivity index (χ1) is 5.15. The normalized spacial score (nSPS) is 9.82. The lowest BCUT2D eigenvalue weighted by Crippen LogP contribution is -1.89. The number of benzene rings is 1. The summed E-state index contributed by atoms with van der Waals surface area (Å²) in [7, 11) is 1.33. The summed E-state index contributed by atoms with van der Waals surface area (Å²) >= 11 is 3.77. The molecule has 0 aliphatic carbocycles. The summed E-state index contributed by atoms with van der Waals surface area (Å²) < 4.78 is 29.7. The average molecular weight is 176 g/mol. The van der Waals surface area contributed by atoms with Crippen LogP contribution in [0, 0.1) is 11.6 Å². The largest absolute Gasteiger partial charge is 0.495 e. The average Bonchev–Trinajstić information content (AvgIpc) is 1.96. The molecule has 0 radical (unpaired) electrons. The lowest BCUT2D eigenvalue weighted by molar-refractivity contribution is 0.393. The summed E-state index contributed by atoms with van der Waals surface area (Å²) in [5.41, 5.74) is 0. The second-order valence-electron chi connectivity index (χ2n) is 1.94. The molecule has 0 N–H and O–H groups in total. The van der Waals surface area contributed by atoms with Crippen molar-refractivity contribution in [2.75, 3.05) is 7.11 Å². The van der Waals surface area contributed by atoms with E-state index in [2.05, 4.69) is 17.4 Å². The molecule has 0 aliphatic heterocycles. The van der Waals surface area contributed by atoms with Gasteiger partial charge >= 0.3 is 0 Å². The van der Waals surface area contributed by atoms with Crippen LogP contribution in [0.1, 0.15) is 0 Å². The lowest BCUT2D eigenvalue weighted by Gasteiger charge is -2.03. The monoisotopic (exact) mass is 176 g/mol. The van der Waals surface area contributed by atoms with Crippen molar-refractivity contribution in [3.8, 4) is 5.75 Å². The van der Waals surface area contributed by atoms with Crippen molar-refractivity contribution in [2.45, 2.75) is 4.90 Å². The van der Waals surface area contributed by atoms with E-state index < -0.39 is 11.6 Å². The molecule has 1 aromatic carbocycles. The summed E-state index contributed by atoms with van der Waals surface area (Å²) in [4.78, 5) is 0.0221. The van der Waals surface area contributed by atoms with Crippen LogP contribution >= 0.6 is 12.6 Å². The van der Waals surface area contributed by atoms with Crippen molar-refractivity contribution in [3.05, 3.63) is 23.8 Å². The molecule has 4 heteroatoms. The first-order valence-electron chi connectivity index (χ1n) is 2.87. The quantitative estimate of drug-likeness (QED) is 0.646. The first-order valence-corrected chi connectivity index (χ1v) is 3.32. The number of rotatable bonds is 1. The number of hydrogen-bond donors (Lipinski definition) is 1. The number of ether oxygens (including phenoxy) is 1. The van der Waals surface area contributed by atoms with Gasteiger partial charge in [-0.3, -0.25) is 0 Å². The third kappa shape index (κ3) is 1.63. The molecule has 1 rings (SSSR count). The van der Waals surface area contributed by atoms with Gasteiger partial charge in [0, 0.05) is 12.1 Å². The molecule has 11 heavy (non-hydrogen) atoms. The van der Waals surface area contributed by atoms with Crippen molar-refractivity contribution in [1.29, 1.82) is 0 Å². The van der Waals surface area contributed by atoms with E-state index in [9.17, 15) is 8.78 Å². The van der Waals surface area contributed by atoms with Gasteiger partial charge in [0.2, 0.25) is 0 Å². The van der Waals surface area contributed by atoms with E-state index in [1.165, 1.54) is 7.11 Å². The highest BCUT2D eigenvalue weighted by Gasteiger charge is 2.07. The third-order valence-electron chi connectivity index (χ3n) is 1.21. The number of thiol groups is 1. The Bertz CT molecular complexity index is 275. The Labute approximate surface area is 68.4 Å². The summed E-state index contributed by atoms with van der Waals surface area (Å²) in [5.74, 6) is -1.28. The molecule has 0 saturated carbocycles. The number of methoxy groups -OCH3 is 1. The lowest BCUT2D eigenvalue weighted by atomic mass is 10.3.